The Balaban J connectivity index is 2.00. The molecule has 0 bridgehead atoms. The summed E-state index contributed by atoms with van der Waals surface area (Å²) in [6.07, 6.45) is 1.62. The van der Waals surface area contributed by atoms with Crippen molar-refractivity contribution in [2.24, 2.45) is 5.10 Å². The molecule has 23 heavy (non-hydrogen) atoms. The Hall–Kier alpha value is -2.54. The van der Waals surface area contributed by atoms with Crippen molar-refractivity contribution < 1.29 is 4.39 Å². The Bertz CT molecular complexity index is 859. The van der Waals surface area contributed by atoms with Gasteiger partial charge < -0.3 is 0 Å². The molecule has 1 aromatic carbocycles. The van der Waals surface area contributed by atoms with E-state index in [2.05, 4.69) is 20.4 Å². The van der Waals surface area contributed by atoms with E-state index < -0.39 is 0 Å². The van der Waals surface area contributed by atoms with Gasteiger partial charge in [0.2, 0.25) is 0 Å². The standard InChI is InChI=1S/C15H14ClFN6/c1-9-14(8-18-22-10(2)19-20-11(22)3)15(16)23(21-9)13-6-4-12(17)5-7-13/h4-8H,1-3H3/b18-8+. The predicted octanol–water partition coefficient (Wildman–Crippen LogP) is 3.06. The molecule has 2 heterocycles. The first-order chi connectivity index (χ1) is 11.0. The third-order valence-electron chi connectivity index (χ3n) is 3.37. The van der Waals surface area contributed by atoms with Gasteiger partial charge in [-0.25, -0.2) is 13.7 Å². The first kappa shape index (κ1) is 15.4. The molecule has 0 fully saturated rings. The Kier molecular flexibility index (Phi) is 3.96. The summed E-state index contributed by atoms with van der Waals surface area (Å²) in [7, 11) is 0. The van der Waals surface area contributed by atoms with E-state index in [-0.39, 0.29) is 5.82 Å². The first-order valence-corrected chi connectivity index (χ1v) is 7.29. The van der Waals surface area contributed by atoms with Crippen LogP contribution in [0.15, 0.2) is 29.4 Å². The van der Waals surface area contributed by atoms with Crippen molar-refractivity contribution in [2.75, 3.05) is 0 Å². The van der Waals surface area contributed by atoms with Gasteiger partial charge in [0, 0.05) is 0 Å². The number of aromatic nitrogens is 5. The highest BCUT2D eigenvalue weighted by Gasteiger charge is 2.13. The summed E-state index contributed by atoms with van der Waals surface area (Å²) in [5, 5.41) is 17.0. The van der Waals surface area contributed by atoms with Gasteiger partial charge in [0.05, 0.1) is 23.2 Å². The maximum Gasteiger partial charge on any atom is 0.151 e. The van der Waals surface area contributed by atoms with Gasteiger partial charge >= 0.3 is 0 Å². The molecule has 6 nitrogen and oxygen atoms in total. The van der Waals surface area contributed by atoms with E-state index in [9.17, 15) is 4.39 Å². The number of halogens is 2. The number of rotatable bonds is 3. The molecule has 0 saturated carbocycles. The maximum absolute atomic E-state index is 13.0. The normalized spacial score (nSPS) is 11.5. The summed E-state index contributed by atoms with van der Waals surface area (Å²) in [4.78, 5) is 0. The fraction of sp³-hybridized carbons (Fsp3) is 0.200. The van der Waals surface area contributed by atoms with Crippen molar-refractivity contribution in [2.45, 2.75) is 20.8 Å². The lowest BCUT2D eigenvalue weighted by atomic mass is 10.3. The molecule has 0 aliphatic carbocycles. The molecule has 3 rings (SSSR count). The van der Waals surface area contributed by atoms with E-state index >= 15 is 0 Å². The van der Waals surface area contributed by atoms with Crippen LogP contribution in [0.1, 0.15) is 22.9 Å². The fourth-order valence-electron chi connectivity index (χ4n) is 2.16. The molecular formula is C15H14ClFN6. The maximum atomic E-state index is 13.0. The van der Waals surface area contributed by atoms with Crippen molar-refractivity contribution >= 4 is 17.8 Å². The van der Waals surface area contributed by atoms with Crippen LogP contribution in [0.3, 0.4) is 0 Å². The van der Waals surface area contributed by atoms with Crippen molar-refractivity contribution in [3.05, 3.63) is 58.1 Å². The lowest BCUT2D eigenvalue weighted by Gasteiger charge is -2.02. The zero-order valence-electron chi connectivity index (χ0n) is 12.8. The zero-order chi connectivity index (χ0) is 16.6. The second kappa shape index (κ2) is 5.92. The van der Waals surface area contributed by atoms with Crippen LogP contribution in [-0.2, 0) is 0 Å². The summed E-state index contributed by atoms with van der Waals surface area (Å²) in [6, 6.07) is 5.95. The Morgan fingerprint density at radius 1 is 1.09 bits per heavy atom. The van der Waals surface area contributed by atoms with E-state index in [1.54, 1.807) is 27.7 Å². The van der Waals surface area contributed by atoms with Crippen LogP contribution >= 0.6 is 11.6 Å². The average Bonchev–Trinajstić information content (AvgIpc) is 2.99. The first-order valence-electron chi connectivity index (χ1n) is 6.91. The summed E-state index contributed by atoms with van der Waals surface area (Å²) in [5.41, 5.74) is 2.07. The molecule has 0 radical (unpaired) electrons. The summed E-state index contributed by atoms with van der Waals surface area (Å²) in [6.45, 7) is 5.46. The van der Waals surface area contributed by atoms with Crippen LogP contribution in [0.2, 0.25) is 5.15 Å². The van der Waals surface area contributed by atoms with Crippen molar-refractivity contribution in [3.63, 3.8) is 0 Å². The molecule has 0 saturated heterocycles. The third-order valence-corrected chi connectivity index (χ3v) is 3.74. The Labute approximate surface area is 137 Å². The van der Waals surface area contributed by atoms with E-state index in [1.165, 1.54) is 12.1 Å². The van der Waals surface area contributed by atoms with Crippen molar-refractivity contribution in [3.8, 4) is 5.69 Å². The molecule has 0 amide bonds. The van der Waals surface area contributed by atoms with Crippen LogP contribution in [0, 0.1) is 26.6 Å². The van der Waals surface area contributed by atoms with Crippen LogP contribution in [0.4, 0.5) is 4.39 Å². The fourth-order valence-corrected chi connectivity index (χ4v) is 2.48. The molecule has 3 aromatic rings. The lowest BCUT2D eigenvalue weighted by Crippen LogP contribution is -1.98. The van der Waals surface area contributed by atoms with E-state index in [0.29, 0.717) is 33.7 Å². The highest BCUT2D eigenvalue weighted by Crippen LogP contribution is 2.22. The zero-order valence-corrected chi connectivity index (χ0v) is 13.6. The SMILES string of the molecule is Cc1nn(-c2ccc(F)cc2)c(Cl)c1/C=N/n1c(C)nnc1C. The number of nitrogens with zero attached hydrogens (tertiary/aromatic N) is 6. The van der Waals surface area contributed by atoms with Crippen LogP contribution in [0.25, 0.3) is 5.69 Å². The van der Waals surface area contributed by atoms with Gasteiger partial charge in [-0.15, -0.1) is 10.2 Å². The molecule has 0 spiro atoms. The second-order valence-corrected chi connectivity index (χ2v) is 5.39. The summed E-state index contributed by atoms with van der Waals surface area (Å²) < 4.78 is 16.2. The molecule has 0 unspecified atom stereocenters. The summed E-state index contributed by atoms with van der Waals surface area (Å²) in [5.74, 6) is 1.05. The van der Waals surface area contributed by atoms with Crippen molar-refractivity contribution in [1.82, 2.24) is 24.7 Å². The largest absolute Gasteiger partial charge is 0.221 e. The molecule has 8 heteroatoms. The quantitative estimate of drug-likeness (QED) is 0.692. The summed E-state index contributed by atoms with van der Waals surface area (Å²) >= 11 is 6.40. The van der Waals surface area contributed by atoms with Gasteiger partial charge in [0.25, 0.3) is 0 Å². The minimum atomic E-state index is -0.311. The molecule has 0 aliphatic rings. The van der Waals surface area contributed by atoms with Gasteiger partial charge in [0.15, 0.2) is 11.6 Å². The highest BCUT2D eigenvalue weighted by molar-refractivity contribution is 6.32. The van der Waals surface area contributed by atoms with Gasteiger partial charge in [-0.1, -0.05) is 11.6 Å². The number of aryl methyl sites for hydroxylation is 3. The third kappa shape index (κ3) is 2.87. The van der Waals surface area contributed by atoms with E-state index in [1.807, 2.05) is 20.8 Å². The smallest absolute Gasteiger partial charge is 0.151 e. The lowest BCUT2D eigenvalue weighted by molar-refractivity contribution is 0.627. The molecular weight excluding hydrogens is 319 g/mol. The number of hydrogen-bond donors (Lipinski definition) is 0. The Morgan fingerprint density at radius 3 is 2.30 bits per heavy atom. The topological polar surface area (TPSA) is 60.9 Å². The van der Waals surface area contributed by atoms with Crippen LogP contribution < -0.4 is 0 Å². The second-order valence-electron chi connectivity index (χ2n) is 5.03. The van der Waals surface area contributed by atoms with Gasteiger partial charge in [-0.3, -0.25) is 0 Å². The molecule has 118 valence electrons. The van der Waals surface area contributed by atoms with Crippen molar-refractivity contribution in [1.29, 1.82) is 0 Å². The minimum absolute atomic E-state index is 0.311. The van der Waals surface area contributed by atoms with Gasteiger partial charge in [0.1, 0.15) is 11.0 Å². The van der Waals surface area contributed by atoms with Gasteiger partial charge in [-0.05, 0) is 45.0 Å². The van der Waals surface area contributed by atoms with E-state index in [4.69, 9.17) is 11.6 Å². The number of hydrogen-bond acceptors (Lipinski definition) is 4. The van der Waals surface area contributed by atoms with Crippen LogP contribution in [-0.4, -0.2) is 30.9 Å². The monoisotopic (exact) mass is 332 g/mol. The van der Waals surface area contributed by atoms with E-state index in [0.717, 1.165) is 0 Å². The predicted molar refractivity (Wildman–Crippen MR) is 85.8 cm³/mol. The average molecular weight is 333 g/mol. The molecule has 0 atom stereocenters. The van der Waals surface area contributed by atoms with Crippen LogP contribution in [0.5, 0.6) is 0 Å². The molecule has 0 N–H and O–H groups in total. The highest BCUT2D eigenvalue weighted by atomic mass is 35.5. The minimum Gasteiger partial charge on any atom is -0.221 e. The molecule has 2 aromatic heterocycles. The number of benzene rings is 1. The molecule has 0 aliphatic heterocycles. The van der Waals surface area contributed by atoms with Gasteiger partial charge in [-0.2, -0.15) is 10.2 Å². The Morgan fingerprint density at radius 2 is 1.70 bits per heavy atom.